The Morgan fingerprint density at radius 1 is 0.708 bits per heavy atom. The van der Waals surface area contributed by atoms with E-state index in [2.05, 4.69) is 184 Å². The van der Waals surface area contributed by atoms with Crippen molar-refractivity contribution in [1.29, 1.82) is 0 Å². The summed E-state index contributed by atoms with van der Waals surface area (Å²) in [7, 11) is -3.69. The van der Waals surface area contributed by atoms with Crippen LogP contribution in [0.4, 0.5) is 0 Å². The van der Waals surface area contributed by atoms with Gasteiger partial charge in [-0.05, 0) is 0 Å². The van der Waals surface area contributed by atoms with Gasteiger partial charge in [0.05, 0.1) is 0 Å². The average molecular weight is 743 g/mol. The van der Waals surface area contributed by atoms with Crippen molar-refractivity contribution in [1.82, 2.24) is 0 Å². The third-order valence-electron chi connectivity index (χ3n) is 10.8. The zero-order chi connectivity index (χ0) is 34.9. The van der Waals surface area contributed by atoms with Crippen LogP contribution in [0, 0.1) is 5.41 Å². The second kappa shape index (κ2) is 12.4. The van der Waals surface area contributed by atoms with Crippen LogP contribution < -0.4 is 10.4 Å². The monoisotopic (exact) mass is 741 g/mol. The quantitative estimate of drug-likeness (QED) is 0.221. The number of fused-ring (bicyclic) bond motifs is 2. The van der Waals surface area contributed by atoms with Crippen molar-refractivity contribution >= 4 is 28.2 Å². The van der Waals surface area contributed by atoms with Crippen LogP contribution in [0.15, 0.2) is 125 Å². The second-order valence-corrected chi connectivity index (χ2v) is 31.6. The van der Waals surface area contributed by atoms with E-state index in [1.807, 2.05) is 0 Å². The molecule has 0 saturated heterocycles. The molecule has 0 N–H and O–H groups in total. The van der Waals surface area contributed by atoms with E-state index in [9.17, 15) is 0 Å². The minimum atomic E-state index is -1.89. The summed E-state index contributed by atoms with van der Waals surface area (Å²) in [6.45, 7) is 30.5. The van der Waals surface area contributed by atoms with E-state index in [1.54, 1.807) is 34.0 Å². The Morgan fingerprint density at radius 3 is 1.75 bits per heavy atom. The van der Waals surface area contributed by atoms with E-state index in [4.69, 9.17) is 0 Å². The maximum absolute atomic E-state index is 2.90. The van der Waals surface area contributed by atoms with E-state index in [1.165, 1.54) is 27.1 Å². The van der Waals surface area contributed by atoms with Crippen molar-refractivity contribution in [3.8, 4) is 0 Å². The van der Waals surface area contributed by atoms with Crippen LogP contribution in [0.3, 0.4) is 0 Å². The third kappa shape index (κ3) is 6.01. The summed E-state index contributed by atoms with van der Waals surface area (Å²) in [5.74, 6) is 0. The van der Waals surface area contributed by atoms with Crippen molar-refractivity contribution in [2.75, 3.05) is 0 Å². The van der Waals surface area contributed by atoms with Crippen LogP contribution in [-0.2, 0) is 28.2 Å². The molecule has 3 aliphatic rings. The zero-order valence-corrected chi connectivity index (χ0v) is 36.0. The first-order valence-corrected chi connectivity index (χ1v) is 27.3. The molecule has 0 fully saturated rings. The molecule has 0 saturated carbocycles. The van der Waals surface area contributed by atoms with Crippen LogP contribution >= 0.6 is 0 Å². The van der Waals surface area contributed by atoms with Gasteiger partial charge in [-0.25, -0.2) is 0 Å². The Balaban J connectivity index is 1.90. The molecule has 3 aliphatic carbocycles. The van der Waals surface area contributed by atoms with Gasteiger partial charge in [0, 0.05) is 0 Å². The van der Waals surface area contributed by atoms with E-state index in [0.29, 0.717) is 0 Å². The number of hydrogen-bond donors (Lipinski definition) is 0. The summed E-state index contributed by atoms with van der Waals surface area (Å²) in [6.07, 6.45) is 11.1. The SMILES string of the molecule is CC(C)(C)c1ccc2c(c1)=[C]([Zr]=[C](c1ccccc1)c1ccccc1)C1=C(C3=CC=CC3)C(C(C)(C)C)([Si](C)(C)C)C=C([Si](C)(C)C)C=21. The molecule has 1 atom stereocenters. The third-order valence-corrected chi connectivity index (χ3v) is 20.3. The topological polar surface area (TPSA) is 0 Å². The number of hydrogen-bond acceptors (Lipinski definition) is 0. The van der Waals surface area contributed by atoms with Gasteiger partial charge in [-0.1, -0.05) is 0 Å². The molecule has 0 bridgehead atoms. The summed E-state index contributed by atoms with van der Waals surface area (Å²) >= 11 is -1.40. The van der Waals surface area contributed by atoms with Crippen LogP contribution in [0.25, 0.3) is 8.85 Å². The van der Waals surface area contributed by atoms with E-state index < -0.39 is 38.9 Å². The molecule has 0 heterocycles. The molecule has 48 heavy (non-hydrogen) atoms. The van der Waals surface area contributed by atoms with Crippen molar-refractivity contribution < 1.29 is 22.8 Å². The molecule has 1 unspecified atom stereocenters. The van der Waals surface area contributed by atoms with Crippen molar-refractivity contribution in [2.24, 2.45) is 5.41 Å². The van der Waals surface area contributed by atoms with Crippen LogP contribution in [0.5, 0.6) is 0 Å². The average Bonchev–Trinajstić information content (AvgIpc) is 3.64. The molecule has 0 amide bonds. The molecule has 6 rings (SSSR count). The van der Waals surface area contributed by atoms with Crippen molar-refractivity contribution in [3.05, 3.63) is 152 Å². The summed E-state index contributed by atoms with van der Waals surface area (Å²) in [5.41, 5.74) is 10.8. The van der Waals surface area contributed by atoms with Gasteiger partial charge >= 0.3 is 306 Å². The molecular formula is C45H55Si2Zr. The molecule has 247 valence electrons. The second-order valence-electron chi connectivity index (χ2n) is 18.2. The van der Waals surface area contributed by atoms with Gasteiger partial charge in [0.25, 0.3) is 0 Å². The van der Waals surface area contributed by atoms with Crippen LogP contribution in [0.2, 0.25) is 44.3 Å². The summed E-state index contributed by atoms with van der Waals surface area (Å²) in [6, 6.07) is 30.2. The normalized spacial score (nSPS) is 19.6. The molecule has 3 aromatic carbocycles. The Labute approximate surface area is 304 Å². The molecule has 0 nitrogen and oxygen atoms in total. The zero-order valence-electron chi connectivity index (χ0n) is 31.5. The van der Waals surface area contributed by atoms with Crippen molar-refractivity contribution in [3.63, 3.8) is 0 Å². The van der Waals surface area contributed by atoms with Gasteiger partial charge in [-0.2, -0.15) is 0 Å². The van der Waals surface area contributed by atoms with Crippen LogP contribution in [-0.4, -0.2) is 19.4 Å². The number of allylic oxidation sites excluding steroid dienone is 8. The molecular weight excluding hydrogens is 688 g/mol. The minimum absolute atomic E-state index is 0.00841. The van der Waals surface area contributed by atoms with Gasteiger partial charge < -0.3 is 0 Å². The summed E-state index contributed by atoms with van der Waals surface area (Å²) < 4.78 is 3.27. The van der Waals surface area contributed by atoms with Crippen molar-refractivity contribution in [2.45, 2.75) is 97.7 Å². The first kappa shape index (κ1) is 35.4. The van der Waals surface area contributed by atoms with E-state index >= 15 is 0 Å². The van der Waals surface area contributed by atoms with Crippen LogP contribution in [0.1, 0.15) is 64.7 Å². The Hall–Kier alpha value is -2.45. The Morgan fingerprint density at radius 2 is 1.29 bits per heavy atom. The van der Waals surface area contributed by atoms with Gasteiger partial charge in [0.15, 0.2) is 0 Å². The molecule has 3 aromatic rings. The molecule has 3 heteroatoms. The number of rotatable bonds is 6. The Bertz CT molecular complexity index is 1990. The van der Waals surface area contributed by atoms with Gasteiger partial charge in [-0.15, -0.1) is 0 Å². The summed E-state index contributed by atoms with van der Waals surface area (Å²) in [4.78, 5) is 0. The van der Waals surface area contributed by atoms with E-state index in [0.717, 1.165) is 6.42 Å². The predicted octanol–water partition coefficient (Wildman–Crippen LogP) is 10.7. The fourth-order valence-electron chi connectivity index (χ4n) is 8.64. The van der Waals surface area contributed by atoms with Gasteiger partial charge in [0.2, 0.25) is 0 Å². The Kier molecular flexibility index (Phi) is 9.14. The standard InChI is InChI=1S/C32H45Si2.C13H10.Zr/c1-30(2,3)24-17-18-25-23(19-24)20-26-28(25)27(33(7,8)9)21-32(31(4,5)6,34(10,11)12)29(26)22-15-13-14-16-22;1-3-7-12(8-4-1)11-13-9-5-2-6-10-13;/h13-15,17-19,21H,16H2,1-12H3;1-10H;. The molecule has 0 spiro atoms. The summed E-state index contributed by atoms with van der Waals surface area (Å²) in [5, 5.41) is 4.69. The van der Waals surface area contributed by atoms with E-state index in [-0.39, 0.29) is 15.9 Å². The molecule has 0 aliphatic heterocycles. The maximum atomic E-state index is 2.90. The number of benzene rings is 3. The first-order valence-electron chi connectivity index (χ1n) is 17.9. The molecule has 0 radical (unpaired) electrons. The fourth-order valence-corrected chi connectivity index (χ4v) is 18.2. The predicted molar refractivity (Wildman–Crippen MR) is 213 cm³/mol. The van der Waals surface area contributed by atoms with Gasteiger partial charge in [-0.3, -0.25) is 0 Å². The van der Waals surface area contributed by atoms with Gasteiger partial charge in [0.1, 0.15) is 0 Å². The fraction of sp³-hybridized carbons (Fsp3) is 0.356. The molecule has 0 aromatic heterocycles. The first-order chi connectivity index (χ1) is 22.4.